The molecule has 2 fully saturated rings. The molecule has 0 amide bonds. The topological polar surface area (TPSA) is 26.3 Å². The Bertz CT molecular complexity index is 426. The molecule has 90 valence electrons. The molecule has 0 N–H and O–H groups in total. The van der Waals surface area contributed by atoms with Crippen LogP contribution in [0.15, 0.2) is 24.3 Å². The van der Waals surface area contributed by atoms with Gasteiger partial charge in [0.1, 0.15) is 11.6 Å². The summed E-state index contributed by atoms with van der Waals surface area (Å²) < 4.78 is 18.0. The van der Waals surface area contributed by atoms with Crippen LogP contribution >= 0.6 is 0 Å². The van der Waals surface area contributed by atoms with Gasteiger partial charge >= 0.3 is 5.97 Å². The number of fused-ring (bicyclic) bond motifs is 2. The molecule has 17 heavy (non-hydrogen) atoms. The van der Waals surface area contributed by atoms with Crippen LogP contribution in [-0.2, 0) is 4.79 Å². The van der Waals surface area contributed by atoms with Crippen molar-refractivity contribution < 1.29 is 13.9 Å². The Hall–Kier alpha value is -1.38. The van der Waals surface area contributed by atoms with Gasteiger partial charge in [-0.25, -0.2) is 4.39 Å². The van der Waals surface area contributed by atoms with E-state index in [1.54, 1.807) is 0 Å². The zero-order chi connectivity index (χ0) is 11.8. The number of carbonyl (C=O) groups is 1. The molecule has 3 unspecified atom stereocenters. The van der Waals surface area contributed by atoms with Crippen molar-refractivity contribution >= 4 is 5.97 Å². The molecule has 2 aliphatic rings. The van der Waals surface area contributed by atoms with Crippen LogP contribution in [0.3, 0.4) is 0 Å². The van der Waals surface area contributed by atoms with Crippen molar-refractivity contribution in [2.24, 2.45) is 17.8 Å². The fourth-order valence-electron chi connectivity index (χ4n) is 3.23. The lowest BCUT2D eigenvalue weighted by molar-refractivity contribution is -0.140. The molecule has 0 heterocycles. The molecule has 3 rings (SSSR count). The van der Waals surface area contributed by atoms with Gasteiger partial charge in [0.2, 0.25) is 0 Å². The molecule has 2 saturated carbocycles. The molecule has 3 heteroatoms. The van der Waals surface area contributed by atoms with Gasteiger partial charge in [-0.1, -0.05) is 6.42 Å². The molecule has 0 aliphatic heterocycles. The summed E-state index contributed by atoms with van der Waals surface area (Å²) in [4.78, 5) is 12.0. The first-order valence-electron chi connectivity index (χ1n) is 6.19. The standard InChI is InChI=1S/C14H15FO2/c15-11-3-5-12(6-4-11)17-14(16)13-8-9-1-2-10(13)7-9/h3-6,9-10,13H,1-2,7-8H2. The monoisotopic (exact) mass is 234 g/mol. The van der Waals surface area contributed by atoms with Gasteiger partial charge < -0.3 is 4.74 Å². The number of rotatable bonds is 2. The van der Waals surface area contributed by atoms with E-state index in [9.17, 15) is 9.18 Å². The minimum atomic E-state index is -0.315. The first-order chi connectivity index (χ1) is 8.22. The lowest BCUT2D eigenvalue weighted by Crippen LogP contribution is -2.25. The van der Waals surface area contributed by atoms with E-state index in [-0.39, 0.29) is 17.7 Å². The van der Waals surface area contributed by atoms with Crippen molar-refractivity contribution in [1.29, 1.82) is 0 Å². The van der Waals surface area contributed by atoms with Crippen molar-refractivity contribution in [3.05, 3.63) is 30.1 Å². The predicted octanol–water partition coefficient (Wildman–Crippen LogP) is 3.17. The van der Waals surface area contributed by atoms with E-state index in [0.29, 0.717) is 11.7 Å². The third kappa shape index (κ3) is 2.06. The van der Waals surface area contributed by atoms with Crippen molar-refractivity contribution in [3.8, 4) is 5.75 Å². The highest BCUT2D eigenvalue weighted by Crippen LogP contribution is 2.48. The average Bonchev–Trinajstić information content (AvgIpc) is 2.94. The van der Waals surface area contributed by atoms with E-state index in [1.807, 2.05) is 0 Å². The summed E-state index contributed by atoms with van der Waals surface area (Å²) in [5.74, 6) is 1.31. The highest BCUT2D eigenvalue weighted by atomic mass is 19.1. The van der Waals surface area contributed by atoms with Gasteiger partial charge in [-0.2, -0.15) is 0 Å². The highest BCUT2D eigenvalue weighted by molar-refractivity contribution is 5.76. The first-order valence-corrected chi connectivity index (χ1v) is 6.19. The molecule has 0 spiro atoms. The Morgan fingerprint density at radius 2 is 1.94 bits per heavy atom. The van der Waals surface area contributed by atoms with Crippen LogP contribution < -0.4 is 4.74 Å². The Balaban J connectivity index is 1.65. The number of benzene rings is 1. The second-order valence-corrected chi connectivity index (χ2v) is 5.16. The third-order valence-electron chi connectivity index (χ3n) is 4.07. The van der Waals surface area contributed by atoms with Gasteiger partial charge in [0.15, 0.2) is 0 Å². The van der Waals surface area contributed by atoms with Crippen LogP contribution in [0.4, 0.5) is 4.39 Å². The predicted molar refractivity (Wildman–Crippen MR) is 61.0 cm³/mol. The Morgan fingerprint density at radius 3 is 2.53 bits per heavy atom. The zero-order valence-corrected chi connectivity index (χ0v) is 9.56. The quantitative estimate of drug-likeness (QED) is 0.580. The number of hydrogen-bond donors (Lipinski definition) is 0. The number of esters is 1. The van der Waals surface area contributed by atoms with Crippen LogP contribution in [0.2, 0.25) is 0 Å². The van der Waals surface area contributed by atoms with Gasteiger partial charge in [0.05, 0.1) is 5.92 Å². The van der Waals surface area contributed by atoms with E-state index >= 15 is 0 Å². The summed E-state index contributed by atoms with van der Waals surface area (Å²) in [7, 11) is 0. The summed E-state index contributed by atoms with van der Waals surface area (Å²) >= 11 is 0. The molecule has 0 saturated heterocycles. The Morgan fingerprint density at radius 1 is 1.18 bits per heavy atom. The molecular formula is C14H15FO2. The van der Waals surface area contributed by atoms with Gasteiger partial charge in [-0.05, 0) is 55.4 Å². The summed E-state index contributed by atoms with van der Waals surface area (Å²) in [6.45, 7) is 0. The van der Waals surface area contributed by atoms with Crippen molar-refractivity contribution in [3.63, 3.8) is 0 Å². The first kappa shape index (κ1) is 10.8. The summed E-state index contributed by atoms with van der Waals surface area (Å²) in [5.41, 5.74) is 0. The van der Waals surface area contributed by atoms with E-state index in [4.69, 9.17) is 4.74 Å². The average molecular weight is 234 g/mol. The number of hydrogen-bond acceptors (Lipinski definition) is 2. The molecular weight excluding hydrogens is 219 g/mol. The number of halogens is 1. The van der Waals surface area contributed by atoms with Gasteiger partial charge in [-0.3, -0.25) is 4.79 Å². The lowest BCUT2D eigenvalue weighted by atomic mass is 9.89. The maximum Gasteiger partial charge on any atom is 0.314 e. The molecule has 2 bridgehead atoms. The fourth-order valence-corrected chi connectivity index (χ4v) is 3.23. The van der Waals surface area contributed by atoms with Crippen LogP contribution in [-0.4, -0.2) is 5.97 Å². The van der Waals surface area contributed by atoms with E-state index in [0.717, 1.165) is 18.8 Å². The maximum absolute atomic E-state index is 12.7. The highest BCUT2D eigenvalue weighted by Gasteiger charge is 2.44. The summed E-state index contributed by atoms with van der Waals surface area (Å²) in [5, 5.41) is 0. The molecule has 3 atom stereocenters. The normalized spacial score (nSPS) is 30.5. The number of carbonyl (C=O) groups excluding carboxylic acids is 1. The van der Waals surface area contributed by atoms with E-state index < -0.39 is 0 Å². The largest absolute Gasteiger partial charge is 0.426 e. The zero-order valence-electron chi connectivity index (χ0n) is 9.56. The number of ether oxygens (including phenoxy) is 1. The second kappa shape index (κ2) is 4.13. The summed E-state index contributed by atoms with van der Waals surface area (Å²) in [6.07, 6.45) is 4.59. The SMILES string of the molecule is O=C(Oc1ccc(F)cc1)C1CC2CCC1C2. The summed E-state index contributed by atoms with van der Waals surface area (Å²) in [6, 6.07) is 5.62. The molecule has 1 aromatic rings. The molecule has 2 nitrogen and oxygen atoms in total. The van der Waals surface area contributed by atoms with Gasteiger partial charge in [-0.15, -0.1) is 0 Å². The Kier molecular flexibility index (Phi) is 2.61. The molecule has 2 aliphatic carbocycles. The smallest absolute Gasteiger partial charge is 0.314 e. The molecule has 0 aromatic heterocycles. The van der Waals surface area contributed by atoms with Gasteiger partial charge in [0, 0.05) is 0 Å². The maximum atomic E-state index is 12.7. The van der Waals surface area contributed by atoms with Crippen LogP contribution in [0.5, 0.6) is 5.75 Å². The minimum absolute atomic E-state index is 0.0683. The van der Waals surface area contributed by atoms with E-state index in [2.05, 4.69) is 0 Å². The lowest BCUT2D eigenvalue weighted by Gasteiger charge is -2.19. The van der Waals surface area contributed by atoms with Crippen molar-refractivity contribution in [2.75, 3.05) is 0 Å². The van der Waals surface area contributed by atoms with Crippen LogP contribution in [0.1, 0.15) is 25.7 Å². The second-order valence-electron chi connectivity index (χ2n) is 5.16. The van der Waals surface area contributed by atoms with Crippen LogP contribution in [0, 0.1) is 23.6 Å². The molecule has 1 aromatic carbocycles. The van der Waals surface area contributed by atoms with E-state index in [1.165, 1.54) is 37.1 Å². The van der Waals surface area contributed by atoms with Crippen LogP contribution in [0.25, 0.3) is 0 Å². The van der Waals surface area contributed by atoms with Gasteiger partial charge in [0.25, 0.3) is 0 Å². The van der Waals surface area contributed by atoms with Crippen molar-refractivity contribution in [1.82, 2.24) is 0 Å². The minimum Gasteiger partial charge on any atom is -0.426 e. The molecule has 0 radical (unpaired) electrons. The fraction of sp³-hybridized carbons (Fsp3) is 0.500. The Labute approximate surface area is 99.8 Å². The van der Waals surface area contributed by atoms with Crippen molar-refractivity contribution in [2.45, 2.75) is 25.7 Å². The third-order valence-corrected chi connectivity index (χ3v) is 4.07.